The van der Waals surface area contributed by atoms with Crippen LogP contribution < -0.4 is 0 Å². The van der Waals surface area contributed by atoms with E-state index in [1.54, 1.807) is 11.0 Å². The predicted octanol–water partition coefficient (Wildman–Crippen LogP) is 2.89. The van der Waals surface area contributed by atoms with Gasteiger partial charge in [-0.15, -0.1) is 12.6 Å². The van der Waals surface area contributed by atoms with Crippen LogP contribution in [0.5, 0.6) is 0 Å². The van der Waals surface area contributed by atoms with Crippen molar-refractivity contribution < 1.29 is 9.59 Å². The highest BCUT2D eigenvalue weighted by Gasteiger charge is 2.25. The van der Waals surface area contributed by atoms with E-state index in [0.717, 1.165) is 6.42 Å². The summed E-state index contributed by atoms with van der Waals surface area (Å²) in [5, 5.41) is 0. The summed E-state index contributed by atoms with van der Waals surface area (Å²) in [7, 11) is 0. The van der Waals surface area contributed by atoms with Crippen molar-refractivity contribution in [2.24, 2.45) is 0 Å². The number of amides is 2. The fraction of sp³-hybridized carbons (Fsp3) is 0.300. The zero-order chi connectivity index (χ0) is 17.6. The fourth-order valence-corrected chi connectivity index (χ4v) is 3.29. The number of benzene rings is 2. The number of hydrogen-bond donors (Lipinski definition) is 1. The molecule has 25 heavy (non-hydrogen) atoms. The van der Waals surface area contributed by atoms with E-state index in [1.807, 2.05) is 53.4 Å². The molecule has 3 rings (SSSR count). The van der Waals surface area contributed by atoms with Crippen molar-refractivity contribution in [3.05, 3.63) is 65.7 Å². The van der Waals surface area contributed by atoms with E-state index in [2.05, 4.69) is 12.6 Å². The number of thiol groups is 1. The maximum absolute atomic E-state index is 12.6. The van der Waals surface area contributed by atoms with Gasteiger partial charge in [0, 0.05) is 37.5 Å². The quantitative estimate of drug-likeness (QED) is 0.858. The molecule has 4 nitrogen and oxygen atoms in total. The molecule has 1 saturated heterocycles. The van der Waals surface area contributed by atoms with Crippen LogP contribution in [0, 0.1) is 0 Å². The van der Waals surface area contributed by atoms with Gasteiger partial charge in [-0.2, -0.15) is 0 Å². The summed E-state index contributed by atoms with van der Waals surface area (Å²) in [6.07, 6.45) is 1.27. The second kappa shape index (κ2) is 8.21. The van der Waals surface area contributed by atoms with E-state index in [9.17, 15) is 9.59 Å². The average molecular weight is 354 g/mol. The van der Waals surface area contributed by atoms with Crippen molar-refractivity contribution in [1.82, 2.24) is 9.80 Å². The lowest BCUT2D eigenvalue weighted by Gasteiger charge is -2.35. The fourth-order valence-electron chi connectivity index (χ4n) is 3.04. The number of carbonyl (C=O) groups excluding carboxylic acids is 2. The Morgan fingerprint density at radius 3 is 2.12 bits per heavy atom. The standard InChI is InChI=1S/C20H22N2O2S/c23-19(11-10-16-6-2-1-3-7-16)21-12-14-22(15-13-21)20(24)17-8-4-5-9-18(17)25/h1-9,25H,10-15H2. The predicted molar refractivity (Wildman–Crippen MR) is 101 cm³/mol. The van der Waals surface area contributed by atoms with Crippen molar-refractivity contribution in [1.29, 1.82) is 0 Å². The first-order valence-electron chi connectivity index (χ1n) is 8.54. The Morgan fingerprint density at radius 2 is 1.44 bits per heavy atom. The lowest BCUT2D eigenvalue weighted by molar-refractivity contribution is -0.132. The highest BCUT2D eigenvalue weighted by molar-refractivity contribution is 7.80. The number of aryl methyl sites for hydroxylation is 1. The Kier molecular flexibility index (Phi) is 5.76. The van der Waals surface area contributed by atoms with Gasteiger partial charge >= 0.3 is 0 Å². The van der Waals surface area contributed by atoms with Crippen LogP contribution in [0.2, 0.25) is 0 Å². The van der Waals surface area contributed by atoms with E-state index in [0.29, 0.717) is 43.1 Å². The van der Waals surface area contributed by atoms with E-state index < -0.39 is 0 Å². The molecule has 1 aliphatic heterocycles. The van der Waals surface area contributed by atoms with E-state index in [-0.39, 0.29) is 11.8 Å². The van der Waals surface area contributed by atoms with Gasteiger partial charge in [0.25, 0.3) is 5.91 Å². The van der Waals surface area contributed by atoms with Crippen LogP contribution in [-0.4, -0.2) is 47.8 Å². The summed E-state index contributed by atoms with van der Waals surface area (Å²) < 4.78 is 0. The molecule has 0 aliphatic carbocycles. The zero-order valence-corrected chi connectivity index (χ0v) is 15.0. The van der Waals surface area contributed by atoms with Gasteiger partial charge in [-0.3, -0.25) is 9.59 Å². The van der Waals surface area contributed by atoms with Crippen LogP contribution >= 0.6 is 12.6 Å². The van der Waals surface area contributed by atoms with Crippen LogP contribution in [0.25, 0.3) is 0 Å². The van der Waals surface area contributed by atoms with Crippen LogP contribution in [0.15, 0.2) is 59.5 Å². The molecule has 1 heterocycles. The third kappa shape index (κ3) is 4.42. The molecule has 0 saturated carbocycles. The van der Waals surface area contributed by atoms with Crippen LogP contribution in [0.4, 0.5) is 0 Å². The second-order valence-electron chi connectivity index (χ2n) is 6.18. The molecule has 2 aromatic carbocycles. The molecule has 0 bridgehead atoms. The van der Waals surface area contributed by atoms with Gasteiger partial charge in [-0.05, 0) is 24.1 Å². The summed E-state index contributed by atoms with van der Waals surface area (Å²) >= 11 is 4.36. The smallest absolute Gasteiger partial charge is 0.255 e. The molecule has 2 aromatic rings. The first kappa shape index (κ1) is 17.5. The molecule has 0 aromatic heterocycles. The van der Waals surface area contributed by atoms with Gasteiger partial charge in [0.15, 0.2) is 0 Å². The highest BCUT2D eigenvalue weighted by Crippen LogP contribution is 2.17. The number of rotatable bonds is 4. The molecule has 130 valence electrons. The van der Waals surface area contributed by atoms with Gasteiger partial charge in [0.1, 0.15) is 0 Å². The monoisotopic (exact) mass is 354 g/mol. The van der Waals surface area contributed by atoms with Crippen LogP contribution in [0.3, 0.4) is 0 Å². The van der Waals surface area contributed by atoms with Crippen molar-refractivity contribution in [2.45, 2.75) is 17.7 Å². The minimum Gasteiger partial charge on any atom is -0.339 e. The Hall–Kier alpha value is -2.27. The average Bonchev–Trinajstić information content (AvgIpc) is 2.67. The van der Waals surface area contributed by atoms with E-state index >= 15 is 0 Å². The summed E-state index contributed by atoms with van der Waals surface area (Å²) in [5.41, 5.74) is 1.80. The largest absolute Gasteiger partial charge is 0.339 e. The van der Waals surface area contributed by atoms with Gasteiger partial charge < -0.3 is 9.80 Å². The molecule has 1 fully saturated rings. The molecule has 0 unspecified atom stereocenters. The molecule has 0 spiro atoms. The second-order valence-corrected chi connectivity index (χ2v) is 6.66. The normalized spacial score (nSPS) is 14.4. The third-order valence-corrected chi connectivity index (χ3v) is 4.91. The number of hydrogen-bond acceptors (Lipinski definition) is 3. The highest BCUT2D eigenvalue weighted by atomic mass is 32.1. The SMILES string of the molecule is O=C(CCc1ccccc1)N1CCN(C(=O)c2ccccc2S)CC1. The first-order valence-corrected chi connectivity index (χ1v) is 8.99. The summed E-state index contributed by atoms with van der Waals surface area (Å²) in [5.74, 6) is 0.146. The maximum Gasteiger partial charge on any atom is 0.255 e. The molecule has 2 amide bonds. The van der Waals surface area contributed by atoms with Gasteiger partial charge in [0.05, 0.1) is 5.56 Å². The molecular weight excluding hydrogens is 332 g/mol. The Labute approximate surface area is 153 Å². The summed E-state index contributed by atoms with van der Waals surface area (Å²) in [6, 6.07) is 17.4. The zero-order valence-electron chi connectivity index (χ0n) is 14.1. The number of piperazine rings is 1. The molecule has 0 radical (unpaired) electrons. The van der Waals surface area contributed by atoms with Gasteiger partial charge in [0.2, 0.25) is 5.91 Å². The van der Waals surface area contributed by atoms with Gasteiger partial charge in [-0.1, -0.05) is 42.5 Å². The lowest BCUT2D eigenvalue weighted by atomic mass is 10.1. The maximum atomic E-state index is 12.6. The molecule has 1 aliphatic rings. The lowest BCUT2D eigenvalue weighted by Crippen LogP contribution is -2.50. The third-order valence-electron chi connectivity index (χ3n) is 4.52. The molecular formula is C20H22N2O2S. The van der Waals surface area contributed by atoms with Crippen molar-refractivity contribution in [3.8, 4) is 0 Å². The van der Waals surface area contributed by atoms with Crippen LogP contribution in [0.1, 0.15) is 22.3 Å². The molecule has 5 heteroatoms. The van der Waals surface area contributed by atoms with Crippen molar-refractivity contribution >= 4 is 24.4 Å². The number of carbonyl (C=O) groups is 2. The summed E-state index contributed by atoms with van der Waals surface area (Å²) in [6.45, 7) is 2.32. The van der Waals surface area contributed by atoms with Crippen LogP contribution in [-0.2, 0) is 11.2 Å². The Bertz CT molecular complexity index is 740. The molecule has 0 N–H and O–H groups in total. The minimum atomic E-state index is -0.0121. The van der Waals surface area contributed by atoms with Crippen molar-refractivity contribution in [3.63, 3.8) is 0 Å². The Balaban J connectivity index is 1.50. The minimum absolute atomic E-state index is 0.0121. The topological polar surface area (TPSA) is 40.6 Å². The van der Waals surface area contributed by atoms with Crippen molar-refractivity contribution in [2.75, 3.05) is 26.2 Å². The summed E-state index contributed by atoms with van der Waals surface area (Å²) in [4.78, 5) is 29.3. The molecule has 0 atom stereocenters. The number of nitrogens with zero attached hydrogens (tertiary/aromatic N) is 2. The van der Waals surface area contributed by atoms with E-state index in [4.69, 9.17) is 0 Å². The Morgan fingerprint density at radius 1 is 0.840 bits per heavy atom. The van der Waals surface area contributed by atoms with Gasteiger partial charge in [-0.25, -0.2) is 0 Å². The van der Waals surface area contributed by atoms with E-state index in [1.165, 1.54) is 5.56 Å². The first-order chi connectivity index (χ1) is 12.1.